The van der Waals surface area contributed by atoms with Crippen molar-refractivity contribution in [3.8, 4) is 5.75 Å². The molecule has 0 aliphatic carbocycles. The van der Waals surface area contributed by atoms with E-state index in [2.05, 4.69) is 10.0 Å². The second-order valence-corrected chi connectivity index (χ2v) is 6.57. The minimum absolute atomic E-state index is 0.00843. The second-order valence-electron chi connectivity index (χ2n) is 4.89. The van der Waals surface area contributed by atoms with Gasteiger partial charge in [0.2, 0.25) is 5.91 Å². The van der Waals surface area contributed by atoms with E-state index in [9.17, 15) is 17.6 Å². The molecule has 0 bridgehead atoms. The lowest BCUT2D eigenvalue weighted by atomic mass is 10.3. The molecule has 128 valence electrons. The highest BCUT2D eigenvalue weighted by Crippen LogP contribution is 2.23. The molecule has 0 aliphatic rings. The van der Waals surface area contributed by atoms with Crippen LogP contribution in [-0.2, 0) is 14.8 Å². The van der Waals surface area contributed by atoms with Crippen LogP contribution in [0.4, 0.5) is 15.8 Å². The number of carbonyl (C=O) groups excluding carboxylic acids is 1. The van der Waals surface area contributed by atoms with Crippen LogP contribution in [0.15, 0.2) is 47.4 Å². The predicted octanol–water partition coefficient (Wildman–Crippen LogP) is 2.98. The zero-order chi connectivity index (χ0) is 17.7. The first-order chi connectivity index (χ1) is 11.3. The van der Waals surface area contributed by atoms with Gasteiger partial charge in [0, 0.05) is 18.7 Å². The lowest BCUT2D eigenvalue weighted by molar-refractivity contribution is -0.114. The Kier molecular flexibility index (Phi) is 5.40. The summed E-state index contributed by atoms with van der Waals surface area (Å²) in [7, 11) is -3.87. The van der Waals surface area contributed by atoms with Crippen molar-refractivity contribution in [1.82, 2.24) is 0 Å². The Labute approximate surface area is 139 Å². The highest BCUT2D eigenvalue weighted by molar-refractivity contribution is 7.92. The normalized spacial score (nSPS) is 11.0. The molecule has 24 heavy (non-hydrogen) atoms. The molecule has 0 aromatic heterocycles. The van der Waals surface area contributed by atoms with E-state index in [1.807, 2.05) is 0 Å². The molecule has 8 heteroatoms. The number of benzene rings is 2. The first-order valence-corrected chi connectivity index (χ1v) is 8.63. The summed E-state index contributed by atoms with van der Waals surface area (Å²) in [6, 6.07) is 9.45. The Morgan fingerprint density at radius 2 is 1.75 bits per heavy atom. The van der Waals surface area contributed by atoms with Crippen LogP contribution in [0.25, 0.3) is 0 Å². The van der Waals surface area contributed by atoms with E-state index < -0.39 is 15.8 Å². The number of carbonyl (C=O) groups is 1. The van der Waals surface area contributed by atoms with Crippen LogP contribution >= 0.6 is 0 Å². The SMILES string of the molecule is CCOc1ccc(NS(=O)(=O)c2ccc(NC(C)=O)cc2)cc1F. The van der Waals surface area contributed by atoms with Crippen LogP contribution in [0, 0.1) is 5.82 Å². The van der Waals surface area contributed by atoms with Gasteiger partial charge in [-0.1, -0.05) is 0 Å². The molecular weight excluding hydrogens is 335 g/mol. The van der Waals surface area contributed by atoms with E-state index >= 15 is 0 Å². The van der Waals surface area contributed by atoms with Gasteiger partial charge in [-0.2, -0.15) is 0 Å². The highest BCUT2D eigenvalue weighted by Gasteiger charge is 2.15. The first-order valence-electron chi connectivity index (χ1n) is 7.14. The molecule has 0 heterocycles. The summed E-state index contributed by atoms with van der Waals surface area (Å²) in [5.74, 6) is -0.855. The van der Waals surface area contributed by atoms with E-state index in [4.69, 9.17) is 4.74 Å². The van der Waals surface area contributed by atoms with Gasteiger partial charge in [-0.15, -0.1) is 0 Å². The quantitative estimate of drug-likeness (QED) is 0.837. The van der Waals surface area contributed by atoms with Crippen LogP contribution in [0.3, 0.4) is 0 Å². The van der Waals surface area contributed by atoms with Crippen molar-refractivity contribution in [2.24, 2.45) is 0 Å². The van der Waals surface area contributed by atoms with Gasteiger partial charge >= 0.3 is 0 Å². The molecule has 0 saturated heterocycles. The molecule has 1 amide bonds. The van der Waals surface area contributed by atoms with Gasteiger partial charge in [-0.25, -0.2) is 12.8 Å². The number of nitrogens with one attached hydrogen (secondary N) is 2. The number of hydrogen-bond donors (Lipinski definition) is 2. The van der Waals surface area contributed by atoms with Gasteiger partial charge < -0.3 is 10.1 Å². The molecule has 2 N–H and O–H groups in total. The van der Waals surface area contributed by atoms with Crippen LogP contribution < -0.4 is 14.8 Å². The average molecular weight is 352 g/mol. The van der Waals surface area contributed by atoms with Crippen LogP contribution in [0.1, 0.15) is 13.8 Å². The third kappa shape index (κ3) is 4.45. The van der Waals surface area contributed by atoms with Crippen molar-refractivity contribution in [3.63, 3.8) is 0 Å². The molecular formula is C16H17FN2O4S. The lowest BCUT2D eigenvalue weighted by Gasteiger charge is -2.10. The highest BCUT2D eigenvalue weighted by atomic mass is 32.2. The topological polar surface area (TPSA) is 84.5 Å². The molecule has 2 rings (SSSR count). The monoisotopic (exact) mass is 352 g/mol. The Balaban J connectivity index is 2.18. The Hall–Kier alpha value is -2.61. The fraction of sp³-hybridized carbons (Fsp3) is 0.188. The molecule has 0 spiro atoms. The zero-order valence-electron chi connectivity index (χ0n) is 13.2. The number of amides is 1. The molecule has 6 nitrogen and oxygen atoms in total. The van der Waals surface area contributed by atoms with Gasteiger partial charge in [-0.05, 0) is 43.3 Å². The van der Waals surface area contributed by atoms with E-state index in [-0.39, 0.29) is 22.2 Å². The fourth-order valence-electron chi connectivity index (χ4n) is 1.97. The minimum Gasteiger partial charge on any atom is -0.491 e. The fourth-order valence-corrected chi connectivity index (χ4v) is 3.02. The molecule has 0 saturated carbocycles. The summed E-state index contributed by atoms with van der Waals surface area (Å²) in [5, 5.41) is 2.54. The zero-order valence-corrected chi connectivity index (χ0v) is 14.0. The number of anilines is 2. The van der Waals surface area contributed by atoms with Crippen LogP contribution in [-0.4, -0.2) is 20.9 Å². The first kappa shape index (κ1) is 17.7. The van der Waals surface area contributed by atoms with Gasteiger partial charge in [-0.3, -0.25) is 9.52 Å². The summed E-state index contributed by atoms with van der Waals surface area (Å²) in [6.07, 6.45) is 0. The number of ether oxygens (including phenoxy) is 1. The van der Waals surface area contributed by atoms with Gasteiger partial charge in [0.05, 0.1) is 17.2 Å². The summed E-state index contributed by atoms with van der Waals surface area (Å²) >= 11 is 0. The maximum atomic E-state index is 13.8. The van der Waals surface area contributed by atoms with Crippen molar-refractivity contribution in [2.45, 2.75) is 18.7 Å². The van der Waals surface area contributed by atoms with E-state index in [1.165, 1.54) is 43.3 Å². The minimum atomic E-state index is -3.87. The van der Waals surface area contributed by atoms with Gasteiger partial charge in [0.1, 0.15) is 0 Å². The smallest absolute Gasteiger partial charge is 0.261 e. The molecule has 0 radical (unpaired) electrons. The Bertz CT molecular complexity index is 836. The van der Waals surface area contributed by atoms with Crippen molar-refractivity contribution >= 4 is 27.3 Å². The van der Waals surface area contributed by atoms with Crippen LogP contribution in [0.5, 0.6) is 5.75 Å². The molecule has 2 aromatic carbocycles. The number of hydrogen-bond acceptors (Lipinski definition) is 4. The van der Waals surface area contributed by atoms with E-state index in [0.29, 0.717) is 12.3 Å². The maximum Gasteiger partial charge on any atom is 0.261 e. The van der Waals surface area contributed by atoms with Crippen molar-refractivity contribution in [3.05, 3.63) is 48.3 Å². The lowest BCUT2D eigenvalue weighted by Crippen LogP contribution is -2.13. The van der Waals surface area contributed by atoms with Gasteiger partial charge in [0.25, 0.3) is 10.0 Å². The van der Waals surface area contributed by atoms with Gasteiger partial charge in [0.15, 0.2) is 11.6 Å². The largest absolute Gasteiger partial charge is 0.491 e. The third-order valence-corrected chi connectivity index (χ3v) is 4.37. The summed E-state index contributed by atoms with van der Waals surface area (Å²) in [4.78, 5) is 10.9. The molecule has 2 aromatic rings. The molecule has 0 fully saturated rings. The predicted molar refractivity (Wildman–Crippen MR) is 89.1 cm³/mol. The molecule has 0 atom stereocenters. The summed E-state index contributed by atoms with van der Waals surface area (Å²) in [6.45, 7) is 3.38. The van der Waals surface area contributed by atoms with Crippen molar-refractivity contribution in [1.29, 1.82) is 0 Å². The molecule has 0 aliphatic heterocycles. The van der Waals surface area contributed by atoms with Crippen molar-refractivity contribution in [2.75, 3.05) is 16.6 Å². The Morgan fingerprint density at radius 1 is 1.12 bits per heavy atom. The second kappa shape index (κ2) is 7.31. The number of rotatable bonds is 6. The third-order valence-electron chi connectivity index (χ3n) is 2.97. The van der Waals surface area contributed by atoms with E-state index in [1.54, 1.807) is 6.92 Å². The Morgan fingerprint density at radius 3 is 2.29 bits per heavy atom. The average Bonchev–Trinajstić information content (AvgIpc) is 2.50. The maximum absolute atomic E-state index is 13.8. The number of halogens is 1. The molecule has 0 unspecified atom stereocenters. The van der Waals surface area contributed by atoms with E-state index in [0.717, 1.165) is 6.07 Å². The number of sulfonamides is 1. The standard InChI is InChI=1S/C16H17FN2O4S/c1-3-23-16-9-6-13(10-15(16)17)19-24(21,22)14-7-4-12(5-8-14)18-11(2)20/h4-10,19H,3H2,1-2H3,(H,18,20). The van der Waals surface area contributed by atoms with Crippen LogP contribution in [0.2, 0.25) is 0 Å². The summed E-state index contributed by atoms with van der Waals surface area (Å²) < 4.78 is 45.8. The van der Waals surface area contributed by atoms with Crippen molar-refractivity contribution < 1.29 is 22.3 Å². The summed E-state index contributed by atoms with van der Waals surface area (Å²) in [5.41, 5.74) is 0.565.